The molecule has 2 aliphatic rings. The van der Waals surface area contributed by atoms with Crippen molar-refractivity contribution in [3.8, 4) is 0 Å². The molecule has 2 saturated heterocycles. The fraction of sp³-hybridized carbons (Fsp3) is 0.417. The smallest absolute Gasteiger partial charge is 0.282 e. The van der Waals surface area contributed by atoms with E-state index in [2.05, 4.69) is 16.9 Å². The molecule has 1 amide bonds. The van der Waals surface area contributed by atoms with E-state index in [4.69, 9.17) is 11.6 Å². The Kier molecular flexibility index (Phi) is 6.65. The number of benzene rings is 2. The molecule has 0 unspecified atom stereocenters. The number of piperazine rings is 1. The largest absolute Gasteiger partial charge is 0.334 e. The van der Waals surface area contributed by atoms with E-state index in [9.17, 15) is 13.2 Å². The second-order valence-electron chi connectivity index (χ2n) is 8.99. The average molecular weight is 519 g/mol. The van der Waals surface area contributed by atoms with Gasteiger partial charge in [-0.3, -0.25) is 4.79 Å². The first-order valence-electron chi connectivity index (χ1n) is 11.4. The predicted octanol–water partition coefficient (Wildman–Crippen LogP) is 3.91. The minimum atomic E-state index is -3.65. The highest BCUT2D eigenvalue weighted by Crippen LogP contribution is 2.32. The van der Waals surface area contributed by atoms with Crippen molar-refractivity contribution < 1.29 is 13.2 Å². The number of hydrogen-bond acceptors (Lipinski definition) is 6. The predicted molar refractivity (Wildman–Crippen MR) is 135 cm³/mol. The van der Waals surface area contributed by atoms with E-state index in [1.807, 2.05) is 18.3 Å². The summed E-state index contributed by atoms with van der Waals surface area (Å²) in [6.07, 6.45) is 4.02. The Labute approximate surface area is 209 Å². The maximum Gasteiger partial charge on any atom is 0.282 e. The maximum atomic E-state index is 13.2. The summed E-state index contributed by atoms with van der Waals surface area (Å²) >= 11 is 7.52. The number of amides is 1. The first-order chi connectivity index (χ1) is 16.3. The van der Waals surface area contributed by atoms with Gasteiger partial charge in [0.1, 0.15) is 0 Å². The van der Waals surface area contributed by atoms with Gasteiger partial charge in [-0.05, 0) is 73.9 Å². The van der Waals surface area contributed by atoms with Gasteiger partial charge in [0.2, 0.25) is 10.0 Å². The molecule has 0 bridgehead atoms. The third-order valence-corrected chi connectivity index (χ3v) is 10.0. The van der Waals surface area contributed by atoms with Gasteiger partial charge in [-0.1, -0.05) is 23.7 Å². The van der Waals surface area contributed by atoms with E-state index in [1.54, 1.807) is 29.2 Å². The number of carbonyl (C=O) groups excluding carboxylic acids is 1. The van der Waals surface area contributed by atoms with E-state index in [1.165, 1.54) is 20.5 Å². The van der Waals surface area contributed by atoms with Crippen LogP contribution in [0.1, 0.15) is 33.4 Å². The van der Waals surface area contributed by atoms with Crippen LogP contribution in [0.15, 0.2) is 47.5 Å². The molecule has 0 radical (unpaired) electrons. The van der Waals surface area contributed by atoms with Crippen molar-refractivity contribution in [3.05, 3.63) is 57.5 Å². The number of thiazole rings is 1. The summed E-state index contributed by atoms with van der Waals surface area (Å²) in [5.41, 5.74) is 0. The van der Waals surface area contributed by atoms with Crippen LogP contribution in [0.5, 0.6) is 0 Å². The van der Waals surface area contributed by atoms with E-state index >= 15 is 0 Å². The van der Waals surface area contributed by atoms with Crippen molar-refractivity contribution in [2.75, 3.05) is 46.3 Å². The molecular formula is C24H27ClN4O3S2. The summed E-state index contributed by atoms with van der Waals surface area (Å²) in [5.74, 6) is 0.360. The quantitative estimate of drug-likeness (QED) is 0.523. The van der Waals surface area contributed by atoms with Gasteiger partial charge in [-0.2, -0.15) is 4.31 Å². The van der Waals surface area contributed by atoms with Gasteiger partial charge in [-0.15, -0.1) is 11.3 Å². The summed E-state index contributed by atoms with van der Waals surface area (Å²) in [4.78, 5) is 22.9. The molecule has 0 atom stereocenters. The number of hydrogen-bond donors (Lipinski definition) is 0. The fourth-order valence-electron chi connectivity index (χ4n) is 4.64. The molecule has 0 N–H and O–H groups in total. The normalized spacial score (nSPS) is 19.1. The Morgan fingerprint density at radius 3 is 2.41 bits per heavy atom. The zero-order chi connectivity index (χ0) is 23.9. The molecular weight excluding hydrogens is 492 g/mol. The minimum Gasteiger partial charge on any atom is -0.334 e. The van der Waals surface area contributed by atoms with Crippen LogP contribution < -0.4 is 0 Å². The monoisotopic (exact) mass is 518 g/mol. The topological polar surface area (TPSA) is 73.8 Å². The van der Waals surface area contributed by atoms with Crippen LogP contribution in [0.3, 0.4) is 0 Å². The average Bonchev–Trinajstić information content (AvgIpc) is 3.34. The zero-order valence-electron chi connectivity index (χ0n) is 19.0. The third-order valence-electron chi connectivity index (χ3n) is 6.76. The Balaban J connectivity index is 1.24. The Bertz CT molecular complexity index is 1310. The Hall–Kier alpha value is -2.04. The van der Waals surface area contributed by atoms with Crippen molar-refractivity contribution in [3.63, 3.8) is 0 Å². The molecule has 0 aliphatic carbocycles. The van der Waals surface area contributed by atoms with Gasteiger partial charge < -0.3 is 9.80 Å². The number of rotatable bonds is 4. The maximum absolute atomic E-state index is 13.2. The van der Waals surface area contributed by atoms with Gasteiger partial charge in [-0.25, -0.2) is 13.4 Å². The highest BCUT2D eigenvalue weighted by atomic mass is 35.5. The molecule has 10 heteroatoms. The van der Waals surface area contributed by atoms with Crippen LogP contribution in [0, 0.1) is 0 Å². The Morgan fingerprint density at radius 2 is 1.68 bits per heavy atom. The van der Waals surface area contributed by atoms with Gasteiger partial charge in [0.25, 0.3) is 5.91 Å². The number of carbonyl (C=O) groups is 1. The van der Waals surface area contributed by atoms with Crippen LogP contribution in [0.4, 0.5) is 0 Å². The Morgan fingerprint density at radius 1 is 1.00 bits per heavy atom. The van der Waals surface area contributed by atoms with Crippen molar-refractivity contribution in [1.82, 2.24) is 19.1 Å². The van der Waals surface area contributed by atoms with E-state index in [0.29, 0.717) is 29.0 Å². The lowest BCUT2D eigenvalue weighted by Gasteiger charge is -2.33. The lowest BCUT2D eigenvalue weighted by atomic mass is 9.96. The van der Waals surface area contributed by atoms with E-state index in [0.717, 1.165) is 36.7 Å². The molecule has 2 aromatic carbocycles. The number of aromatic nitrogens is 1. The molecule has 180 valence electrons. The second kappa shape index (κ2) is 9.54. The molecule has 34 heavy (non-hydrogen) atoms. The number of fused-ring (bicyclic) bond motifs is 1. The summed E-state index contributed by atoms with van der Waals surface area (Å²) < 4.78 is 27.9. The first-order valence-corrected chi connectivity index (χ1v) is 14.1. The van der Waals surface area contributed by atoms with Crippen molar-refractivity contribution in [2.24, 2.45) is 0 Å². The molecule has 2 aliphatic heterocycles. The first kappa shape index (κ1) is 23.7. The van der Waals surface area contributed by atoms with Gasteiger partial charge in [0, 0.05) is 42.3 Å². The number of halogens is 1. The molecule has 0 spiro atoms. The van der Waals surface area contributed by atoms with E-state index < -0.39 is 10.0 Å². The van der Waals surface area contributed by atoms with Crippen LogP contribution in [-0.2, 0) is 10.0 Å². The highest BCUT2D eigenvalue weighted by Gasteiger charge is 2.32. The summed E-state index contributed by atoms with van der Waals surface area (Å²) in [7, 11) is -1.51. The summed E-state index contributed by atoms with van der Waals surface area (Å²) in [5, 5.41) is 2.83. The molecule has 5 rings (SSSR count). The molecule has 3 aromatic rings. The van der Waals surface area contributed by atoms with Gasteiger partial charge in [0.15, 0.2) is 5.01 Å². The SMILES string of the molecule is CN1CCC(c2cnc(C(=O)N3CCN(S(=O)(=O)c4ccc5cc(Cl)ccc5c4)CC3)s2)CC1. The minimum absolute atomic E-state index is 0.108. The highest BCUT2D eigenvalue weighted by molar-refractivity contribution is 7.89. The van der Waals surface area contributed by atoms with E-state index in [-0.39, 0.29) is 23.9 Å². The zero-order valence-corrected chi connectivity index (χ0v) is 21.4. The van der Waals surface area contributed by atoms with Gasteiger partial charge in [0.05, 0.1) is 4.90 Å². The molecule has 1 aromatic heterocycles. The molecule has 2 fully saturated rings. The van der Waals surface area contributed by atoms with Crippen LogP contribution >= 0.6 is 22.9 Å². The molecule has 0 saturated carbocycles. The van der Waals surface area contributed by atoms with Crippen LogP contribution in [0.25, 0.3) is 10.8 Å². The van der Waals surface area contributed by atoms with Crippen molar-refractivity contribution in [2.45, 2.75) is 23.7 Å². The number of nitrogens with zero attached hydrogens (tertiary/aromatic N) is 4. The summed E-state index contributed by atoms with van der Waals surface area (Å²) in [6.45, 7) is 3.36. The van der Waals surface area contributed by atoms with Crippen LogP contribution in [0.2, 0.25) is 5.02 Å². The van der Waals surface area contributed by atoms with Gasteiger partial charge >= 0.3 is 0 Å². The third kappa shape index (κ3) is 4.72. The van der Waals surface area contributed by atoms with Crippen molar-refractivity contribution >= 4 is 49.6 Å². The lowest BCUT2D eigenvalue weighted by molar-refractivity contribution is 0.0697. The summed E-state index contributed by atoms with van der Waals surface area (Å²) in [6, 6.07) is 10.5. The molecule has 3 heterocycles. The van der Waals surface area contributed by atoms with Crippen molar-refractivity contribution in [1.29, 1.82) is 0 Å². The number of piperidine rings is 1. The lowest BCUT2D eigenvalue weighted by Crippen LogP contribution is -2.50. The number of sulfonamides is 1. The number of likely N-dealkylation sites (tertiary alicyclic amines) is 1. The second-order valence-corrected chi connectivity index (χ2v) is 12.4. The fourth-order valence-corrected chi connectivity index (χ4v) is 7.33. The molecule has 7 nitrogen and oxygen atoms in total. The standard InChI is InChI=1S/C24H27ClN4O3S2/c1-27-8-6-17(7-9-27)22-16-26-23(33-22)24(30)28-10-12-29(13-11-28)34(31,32)21-5-3-18-14-20(25)4-2-19(18)15-21/h2-5,14-17H,6-13H2,1H3. The van der Waals surface area contributed by atoms with Crippen LogP contribution in [-0.4, -0.2) is 79.7 Å².